The average Bonchev–Trinajstić information content (AvgIpc) is 3.22. The van der Waals surface area contributed by atoms with Gasteiger partial charge in [0.1, 0.15) is 36.1 Å². The molecule has 174 valence electrons. The lowest BCUT2D eigenvalue weighted by Crippen LogP contribution is -2.48. The molecule has 6 nitrogen and oxygen atoms in total. The Morgan fingerprint density at radius 2 is 1.75 bits per heavy atom. The van der Waals surface area contributed by atoms with Crippen molar-refractivity contribution in [2.24, 2.45) is 0 Å². The topological polar surface area (TPSA) is 54.4 Å². The molecule has 0 aliphatic carbocycles. The summed E-state index contributed by atoms with van der Waals surface area (Å²) >= 11 is 0. The summed E-state index contributed by atoms with van der Waals surface area (Å²) in [5, 5.41) is 11.1. The van der Waals surface area contributed by atoms with Gasteiger partial charge in [0.25, 0.3) is 0 Å². The molecule has 2 aliphatic heterocycles. The highest BCUT2D eigenvalue weighted by Gasteiger charge is 2.33. The summed E-state index contributed by atoms with van der Waals surface area (Å²) in [6.07, 6.45) is 2.57. The summed E-state index contributed by atoms with van der Waals surface area (Å²) < 4.78 is 30.7. The lowest BCUT2D eigenvalue weighted by molar-refractivity contribution is -0.0647. The predicted octanol–water partition coefficient (Wildman–Crippen LogP) is 2.94. The van der Waals surface area contributed by atoms with Crippen LogP contribution in [-0.2, 0) is 11.3 Å². The van der Waals surface area contributed by atoms with Crippen molar-refractivity contribution in [3.8, 4) is 11.5 Å². The molecule has 0 radical (unpaired) electrons. The average molecular weight is 445 g/mol. The van der Waals surface area contributed by atoms with Crippen molar-refractivity contribution in [1.82, 2.24) is 9.80 Å². The number of likely N-dealkylation sites (tertiary alicyclic amines) is 1. The third kappa shape index (κ3) is 6.90. The van der Waals surface area contributed by atoms with Crippen LogP contribution >= 0.6 is 0 Å². The number of halogens is 1. The van der Waals surface area contributed by atoms with Crippen molar-refractivity contribution in [1.29, 1.82) is 0 Å². The smallest absolute Gasteiger partial charge is 0.134 e. The standard InChI is InChI=1S/C25H33FN2O4/c26-22-6-4-8-24(16-22)32-20-25(29)18-28(11-13-30-19-25)17-21-5-3-7-23(15-21)31-14-12-27-9-1-2-10-27/h3-8,15-16,29H,1-2,9-14,17-20H2. The van der Waals surface area contributed by atoms with Crippen molar-refractivity contribution in [2.45, 2.75) is 25.0 Å². The SMILES string of the molecule is OC1(COc2cccc(F)c2)COCCN(Cc2cccc(OCCN3CCCC3)c2)C1. The summed E-state index contributed by atoms with van der Waals surface area (Å²) in [5.74, 6) is 0.904. The molecule has 1 unspecified atom stereocenters. The van der Waals surface area contributed by atoms with Crippen LogP contribution in [0.25, 0.3) is 0 Å². The van der Waals surface area contributed by atoms with Crippen LogP contribution in [0.1, 0.15) is 18.4 Å². The fourth-order valence-corrected chi connectivity index (χ4v) is 4.28. The van der Waals surface area contributed by atoms with Crippen LogP contribution in [0.5, 0.6) is 11.5 Å². The predicted molar refractivity (Wildman–Crippen MR) is 121 cm³/mol. The number of hydrogen-bond acceptors (Lipinski definition) is 6. The molecule has 0 bridgehead atoms. The second-order valence-electron chi connectivity index (χ2n) is 8.78. The van der Waals surface area contributed by atoms with Crippen LogP contribution in [0.15, 0.2) is 48.5 Å². The number of ether oxygens (including phenoxy) is 3. The number of β-amino-alcohol motifs (C(OH)–C–C–N with tert-alkyl or cyclic N) is 1. The van der Waals surface area contributed by atoms with Gasteiger partial charge < -0.3 is 19.3 Å². The molecule has 0 saturated carbocycles. The minimum atomic E-state index is -1.17. The number of rotatable bonds is 9. The third-order valence-corrected chi connectivity index (χ3v) is 5.92. The number of nitrogens with zero attached hydrogens (tertiary/aromatic N) is 2. The minimum absolute atomic E-state index is 0.0343. The van der Waals surface area contributed by atoms with Gasteiger partial charge in [0, 0.05) is 32.2 Å². The highest BCUT2D eigenvalue weighted by Crippen LogP contribution is 2.20. The Kier molecular flexibility index (Phi) is 7.97. The largest absolute Gasteiger partial charge is 0.492 e. The van der Waals surface area contributed by atoms with E-state index in [0.29, 0.717) is 38.6 Å². The van der Waals surface area contributed by atoms with Gasteiger partial charge in [-0.05, 0) is 55.8 Å². The summed E-state index contributed by atoms with van der Waals surface area (Å²) in [7, 11) is 0. The molecular formula is C25H33FN2O4. The van der Waals surface area contributed by atoms with Gasteiger partial charge in [0.05, 0.1) is 13.2 Å². The van der Waals surface area contributed by atoms with Gasteiger partial charge in [-0.25, -0.2) is 4.39 Å². The normalized spacial score (nSPS) is 22.6. The highest BCUT2D eigenvalue weighted by molar-refractivity contribution is 5.28. The Morgan fingerprint density at radius 1 is 0.969 bits per heavy atom. The first kappa shape index (κ1) is 23.0. The molecule has 0 amide bonds. The molecule has 2 aliphatic rings. The summed E-state index contributed by atoms with van der Waals surface area (Å²) in [4.78, 5) is 4.60. The first-order chi connectivity index (χ1) is 15.6. The number of benzene rings is 2. The zero-order chi connectivity index (χ0) is 22.2. The Hall–Kier alpha value is -2.19. The van der Waals surface area contributed by atoms with E-state index < -0.39 is 5.60 Å². The van der Waals surface area contributed by atoms with E-state index in [1.165, 1.54) is 38.1 Å². The van der Waals surface area contributed by atoms with Crippen LogP contribution in [-0.4, -0.2) is 79.7 Å². The van der Waals surface area contributed by atoms with E-state index in [2.05, 4.69) is 21.9 Å². The van der Waals surface area contributed by atoms with Crippen LogP contribution in [0, 0.1) is 5.82 Å². The lowest BCUT2D eigenvalue weighted by Gasteiger charge is -2.30. The van der Waals surface area contributed by atoms with Crippen molar-refractivity contribution in [3.63, 3.8) is 0 Å². The van der Waals surface area contributed by atoms with Crippen LogP contribution in [0.4, 0.5) is 4.39 Å². The van der Waals surface area contributed by atoms with Gasteiger partial charge in [0.2, 0.25) is 0 Å². The van der Waals surface area contributed by atoms with Crippen LogP contribution < -0.4 is 9.47 Å². The van der Waals surface area contributed by atoms with E-state index in [0.717, 1.165) is 17.9 Å². The molecule has 2 heterocycles. The van der Waals surface area contributed by atoms with E-state index in [1.54, 1.807) is 12.1 Å². The Morgan fingerprint density at radius 3 is 2.56 bits per heavy atom. The van der Waals surface area contributed by atoms with Gasteiger partial charge in [-0.3, -0.25) is 9.80 Å². The second-order valence-corrected chi connectivity index (χ2v) is 8.78. The van der Waals surface area contributed by atoms with Crippen molar-refractivity contribution in [2.75, 3.05) is 59.2 Å². The van der Waals surface area contributed by atoms with E-state index >= 15 is 0 Å². The van der Waals surface area contributed by atoms with Gasteiger partial charge in [0.15, 0.2) is 0 Å². The van der Waals surface area contributed by atoms with E-state index in [4.69, 9.17) is 14.2 Å². The molecule has 1 N–H and O–H groups in total. The first-order valence-electron chi connectivity index (χ1n) is 11.4. The number of aliphatic hydroxyl groups is 1. The second kappa shape index (κ2) is 11.1. The Balaban J connectivity index is 1.30. The molecule has 32 heavy (non-hydrogen) atoms. The monoisotopic (exact) mass is 444 g/mol. The summed E-state index contributed by atoms with van der Waals surface area (Å²) in [6, 6.07) is 14.1. The zero-order valence-electron chi connectivity index (χ0n) is 18.5. The maximum absolute atomic E-state index is 13.4. The third-order valence-electron chi connectivity index (χ3n) is 5.92. The van der Waals surface area contributed by atoms with Crippen molar-refractivity contribution < 1.29 is 23.7 Å². The molecule has 4 rings (SSSR count). The lowest BCUT2D eigenvalue weighted by atomic mass is 10.1. The van der Waals surface area contributed by atoms with Gasteiger partial charge in [-0.15, -0.1) is 0 Å². The fourth-order valence-electron chi connectivity index (χ4n) is 4.28. The quantitative estimate of drug-likeness (QED) is 0.642. The number of hydrogen-bond donors (Lipinski definition) is 1. The van der Waals surface area contributed by atoms with E-state index in [1.807, 2.05) is 12.1 Å². The molecular weight excluding hydrogens is 411 g/mol. The molecule has 2 aromatic rings. The molecule has 7 heteroatoms. The molecule has 2 saturated heterocycles. The van der Waals surface area contributed by atoms with Crippen molar-refractivity contribution in [3.05, 3.63) is 59.9 Å². The molecule has 1 atom stereocenters. The summed E-state index contributed by atoms with van der Waals surface area (Å²) in [5.41, 5.74) is -0.0499. The fraction of sp³-hybridized carbons (Fsp3) is 0.520. The van der Waals surface area contributed by atoms with E-state index in [9.17, 15) is 9.50 Å². The van der Waals surface area contributed by atoms with E-state index in [-0.39, 0.29) is 19.0 Å². The molecule has 2 fully saturated rings. The first-order valence-corrected chi connectivity index (χ1v) is 11.4. The van der Waals surface area contributed by atoms with Crippen LogP contribution in [0.3, 0.4) is 0 Å². The van der Waals surface area contributed by atoms with Crippen molar-refractivity contribution >= 4 is 0 Å². The van der Waals surface area contributed by atoms with Gasteiger partial charge in [-0.1, -0.05) is 18.2 Å². The van der Waals surface area contributed by atoms with Crippen LogP contribution in [0.2, 0.25) is 0 Å². The maximum atomic E-state index is 13.4. The van der Waals surface area contributed by atoms with Gasteiger partial charge >= 0.3 is 0 Å². The highest BCUT2D eigenvalue weighted by atomic mass is 19.1. The summed E-state index contributed by atoms with van der Waals surface area (Å²) in [6.45, 7) is 6.54. The zero-order valence-corrected chi connectivity index (χ0v) is 18.5. The Bertz CT molecular complexity index is 861. The van der Waals surface area contributed by atoms with Gasteiger partial charge in [-0.2, -0.15) is 0 Å². The Labute approximate surface area is 189 Å². The minimum Gasteiger partial charge on any atom is -0.492 e. The maximum Gasteiger partial charge on any atom is 0.134 e. The molecule has 0 aromatic heterocycles. The molecule has 2 aromatic carbocycles. The molecule has 0 spiro atoms.